The molecule has 0 unspecified atom stereocenters. The van der Waals surface area contributed by atoms with Crippen LogP contribution in [0.3, 0.4) is 0 Å². The highest BCUT2D eigenvalue weighted by Crippen LogP contribution is 2.30. The number of ether oxygens (including phenoxy) is 2. The number of carbonyl (C=O) groups is 2. The second-order valence-corrected chi connectivity index (χ2v) is 7.93. The summed E-state index contributed by atoms with van der Waals surface area (Å²) in [6.45, 7) is 1.87. The molecule has 0 radical (unpaired) electrons. The molecule has 2 amide bonds. The van der Waals surface area contributed by atoms with Crippen molar-refractivity contribution in [1.29, 1.82) is 5.26 Å². The summed E-state index contributed by atoms with van der Waals surface area (Å²) in [5.74, 6) is -0.280. The van der Waals surface area contributed by atoms with Gasteiger partial charge in [0.05, 0.1) is 17.3 Å². The van der Waals surface area contributed by atoms with E-state index < -0.39 is 11.8 Å². The number of nitrogens with zero attached hydrogens (tertiary/aromatic N) is 1. The van der Waals surface area contributed by atoms with Crippen molar-refractivity contribution in [3.8, 4) is 17.6 Å². The number of nitrogens with one attached hydrogen (secondary N) is 2. The predicted octanol–water partition coefficient (Wildman–Crippen LogP) is 5.96. The highest BCUT2D eigenvalue weighted by atomic mass is 35.5. The zero-order valence-electron chi connectivity index (χ0n) is 18.7. The first-order chi connectivity index (χ1) is 16.9. The molecule has 35 heavy (non-hydrogen) atoms. The molecule has 0 aliphatic carbocycles. The molecule has 7 nitrogen and oxygen atoms in total. The Morgan fingerprint density at radius 2 is 1.77 bits per heavy atom. The molecule has 178 valence electrons. The van der Waals surface area contributed by atoms with Gasteiger partial charge >= 0.3 is 0 Å². The van der Waals surface area contributed by atoms with Crippen LogP contribution in [0.4, 0.5) is 11.4 Å². The average molecular weight is 510 g/mol. The minimum absolute atomic E-state index is 0.111. The minimum Gasteiger partial charge on any atom is -0.490 e. The summed E-state index contributed by atoms with van der Waals surface area (Å²) in [7, 11) is 0. The van der Waals surface area contributed by atoms with Crippen molar-refractivity contribution in [2.45, 2.75) is 6.92 Å². The van der Waals surface area contributed by atoms with E-state index in [0.29, 0.717) is 45.1 Å². The Kier molecular flexibility index (Phi) is 9.13. The molecule has 0 fully saturated rings. The Hall–Kier alpha value is -3.99. The molecule has 3 aromatic carbocycles. The van der Waals surface area contributed by atoms with Gasteiger partial charge in [0.1, 0.15) is 11.6 Å². The molecule has 0 heterocycles. The number of hydrogen-bond acceptors (Lipinski definition) is 5. The maximum absolute atomic E-state index is 12.5. The summed E-state index contributed by atoms with van der Waals surface area (Å²) < 4.78 is 11.3. The molecular weight excluding hydrogens is 489 g/mol. The lowest BCUT2D eigenvalue weighted by atomic mass is 10.1. The maximum atomic E-state index is 12.5. The predicted molar refractivity (Wildman–Crippen MR) is 137 cm³/mol. The second kappa shape index (κ2) is 12.5. The van der Waals surface area contributed by atoms with E-state index in [1.807, 2.05) is 6.07 Å². The molecule has 0 aliphatic heterocycles. The smallest absolute Gasteiger partial charge is 0.266 e. The fourth-order valence-electron chi connectivity index (χ4n) is 2.97. The van der Waals surface area contributed by atoms with Crippen LogP contribution in [0.15, 0.2) is 72.3 Å². The van der Waals surface area contributed by atoms with Gasteiger partial charge in [-0.05, 0) is 61.0 Å². The third-order valence-corrected chi connectivity index (χ3v) is 5.10. The number of benzene rings is 3. The number of carbonyl (C=O) groups excluding carboxylic acids is 2. The largest absolute Gasteiger partial charge is 0.490 e. The Morgan fingerprint density at radius 3 is 2.49 bits per heavy atom. The summed E-state index contributed by atoms with van der Waals surface area (Å²) in [6, 6.07) is 20.2. The molecule has 0 aromatic heterocycles. The van der Waals surface area contributed by atoms with Crippen molar-refractivity contribution >= 4 is 52.5 Å². The quantitative estimate of drug-likeness (QED) is 0.274. The minimum atomic E-state index is -0.579. The van der Waals surface area contributed by atoms with Crippen LogP contribution in [-0.4, -0.2) is 25.0 Å². The SMILES string of the molecule is CCOc1cc(/C=C(/C#N)C(=O)Nc2cccc(Cl)c2)ccc1OCC(=O)Nc1ccccc1Cl. The van der Waals surface area contributed by atoms with Gasteiger partial charge in [0.2, 0.25) is 0 Å². The van der Waals surface area contributed by atoms with E-state index in [4.69, 9.17) is 32.7 Å². The molecule has 3 rings (SSSR count). The van der Waals surface area contributed by atoms with E-state index in [9.17, 15) is 14.9 Å². The van der Waals surface area contributed by atoms with E-state index in [1.165, 1.54) is 6.08 Å². The van der Waals surface area contributed by atoms with Gasteiger partial charge in [-0.2, -0.15) is 5.26 Å². The molecule has 0 aliphatic rings. The van der Waals surface area contributed by atoms with Crippen molar-refractivity contribution in [3.05, 3.63) is 87.9 Å². The third kappa shape index (κ3) is 7.51. The van der Waals surface area contributed by atoms with Gasteiger partial charge in [0.25, 0.3) is 11.8 Å². The fraction of sp³-hybridized carbons (Fsp3) is 0.115. The standard InChI is InChI=1S/C26H21Cl2N3O4/c1-2-34-24-13-17(12-18(15-29)26(33)30-20-7-5-6-19(27)14-20)10-11-23(24)35-16-25(32)31-22-9-4-3-8-21(22)28/h3-14H,2,16H2,1H3,(H,30,33)(H,31,32)/b18-12-. The van der Waals surface area contributed by atoms with Crippen molar-refractivity contribution in [1.82, 2.24) is 0 Å². The van der Waals surface area contributed by atoms with Crippen LogP contribution in [-0.2, 0) is 9.59 Å². The van der Waals surface area contributed by atoms with Gasteiger partial charge in [0, 0.05) is 10.7 Å². The lowest BCUT2D eigenvalue weighted by molar-refractivity contribution is -0.118. The van der Waals surface area contributed by atoms with Crippen molar-refractivity contribution < 1.29 is 19.1 Å². The summed E-state index contributed by atoms with van der Waals surface area (Å²) in [6.07, 6.45) is 1.43. The molecule has 0 saturated heterocycles. The van der Waals surface area contributed by atoms with Crippen LogP contribution in [0.2, 0.25) is 10.0 Å². The molecule has 9 heteroatoms. The molecule has 0 bridgehead atoms. The van der Waals surface area contributed by atoms with Crippen molar-refractivity contribution in [3.63, 3.8) is 0 Å². The second-order valence-electron chi connectivity index (χ2n) is 7.09. The van der Waals surface area contributed by atoms with Crippen LogP contribution in [0.1, 0.15) is 12.5 Å². The van der Waals surface area contributed by atoms with Gasteiger partial charge in [-0.15, -0.1) is 0 Å². The van der Waals surface area contributed by atoms with Gasteiger partial charge in [-0.25, -0.2) is 0 Å². The van der Waals surface area contributed by atoms with Crippen LogP contribution < -0.4 is 20.1 Å². The Bertz CT molecular complexity index is 1300. The summed E-state index contributed by atoms with van der Waals surface area (Å²) in [5, 5.41) is 15.7. The monoisotopic (exact) mass is 509 g/mol. The molecule has 3 aromatic rings. The van der Waals surface area contributed by atoms with E-state index in [0.717, 1.165) is 0 Å². The Balaban J connectivity index is 1.72. The molecule has 0 atom stereocenters. The van der Waals surface area contributed by atoms with E-state index >= 15 is 0 Å². The number of anilines is 2. The third-order valence-electron chi connectivity index (χ3n) is 4.53. The molecule has 0 saturated carbocycles. The Morgan fingerprint density at radius 1 is 0.971 bits per heavy atom. The first kappa shape index (κ1) is 25.6. The first-order valence-corrected chi connectivity index (χ1v) is 11.3. The number of hydrogen-bond donors (Lipinski definition) is 2. The number of amides is 2. The molecular formula is C26H21Cl2N3O4. The number of rotatable bonds is 9. The van der Waals surface area contributed by atoms with Crippen molar-refractivity contribution in [2.75, 3.05) is 23.8 Å². The van der Waals surface area contributed by atoms with Gasteiger partial charge in [0.15, 0.2) is 18.1 Å². The molecule has 0 spiro atoms. The van der Waals surface area contributed by atoms with Crippen LogP contribution >= 0.6 is 23.2 Å². The van der Waals surface area contributed by atoms with E-state index in [2.05, 4.69) is 10.6 Å². The van der Waals surface area contributed by atoms with Crippen LogP contribution in [0.25, 0.3) is 6.08 Å². The van der Waals surface area contributed by atoms with Gasteiger partial charge < -0.3 is 20.1 Å². The Labute approximate surface area is 212 Å². The maximum Gasteiger partial charge on any atom is 0.266 e. The summed E-state index contributed by atoms with van der Waals surface area (Å²) >= 11 is 12.0. The zero-order valence-corrected chi connectivity index (χ0v) is 20.2. The van der Waals surface area contributed by atoms with E-state index in [-0.39, 0.29) is 12.2 Å². The average Bonchev–Trinajstić information content (AvgIpc) is 2.83. The summed E-state index contributed by atoms with van der Waals surface area (Å²) in [5.41, 5.74) is 1.38. The topological polar surface area (TPSA) is 100 Å². The van der Waals surface area contributed by atoms with Crippen LogP contribution in [0, 0.1) is 11.3 Å². The normalized spacial score (nSPS) is 10.7. The highest BCUT2D eigenvalue weighted by Gasteiger charge is 2.13. The van der Waals surface area contributed by atoms with Gasteiger partial charge in [-0.3, -0.25) is 9.59 Å². The van der Waals surface area contributed by atoms with E-state index in [1.54, 1.807) is 73.7 Å². The summed E-state index contributed by atoms with van der Waals surface area (Å²) in [4.78, 5) is 24.8. The number of nitriles is 1. The van der Waals surface area contributed by atoms with Crippen LogP contribution in [0.5, 0.6) is 11.5 Å². The highest BCUT2D eigenvalue weighted by molar-refractivity contribution is 6.33. The fourth-order valence-corrected chi connectivity index (χ4v) is 3.35. The lowest BCUT2D eigenvalue weighted by Crippen LogP contribution is -2.20. The first-order valence-electron chi connectivity index (χ1n) is 10.5. The number of halogens is 2. The molecule has 2 N–H and O–H groups in total. The zero-order chi connectivity index (χ0) is 25.2. The van der Waals surface area contributed by atoms with Gasteiger partial charge in [-0.1, -0.05) is 47.5 Å². The van der Waals surface area contributed by atoms with Crippen molar-refractivity contribution in [2.24, 2.45) is 0 Å². The number of para-hydroxylation sites is 1. The lowest BCUT2D eigenvalue weighted by Gasteiger charge is -2.13.